The average molecular weight is 516 g/mol. The van der Waals surface area contributed by atoms with E-state index in [-0.39, 0.29) is 5.69 Å². The molecule has 2 amide bonds. The summed E-state index contributed by atoms with van der Waals surface area (Å²) in [6, 6.07) is 8.46. The lowest BCUT2D eigenvalue weighted by Crippen LogP contribution is -2.43. The molecule has 0 unspecified atom stereocenters. The Hall–Kier alpha value is -2.13. The number of aromatic nitrogens is 1. The Morgan fingerprint density at radius 2 is 2.11 bits per heavy atom. The van der Waals surface area contributed by atoms with Crippen molar-refractivity contribution in [1.29, 1.82) is 5.26 Å². The highest BCUT2D eigenvalue weighted by Gasteiger charge is 2.47. The maximum atomic E-state index is 13.4. The maximum absolute atomic E-state index is 13.4. The van der Waals surface area contributed by atoms with Crippen LogP contribution in [-0.4, -0.2) is 46.8 Å². The lowest BCUT2D eigenvalue weighted by molar-refractivity contribution is -0.131. The van der Waals surface area contributed by atoms with Crippen LogP contribution in [0, 0.1) is 14.9 Å². The largest absolute Gasteiger partial charge is 0.342 e. The predicted octanol–water partition coefficient (Wildman–Crippen LogP) is 2.83. The molecule has 0 spiro atoms. The molecule has 0 saturated carbocycles. The zero-order valence-corrected chi connectivity index (χ0v) is 17.5. The topological polar surface area (TPSA) is 86.1 Å². The molecule has 0 bridgehead atoms. The monoisotopic (exact) mass is 516 g/mol. The van der Waals surface area contributed by atoms with Crippen molar-refractivity contribution in [1.82, 2.24) is 15.2 Å². The number of carbonyl (C=O) groups excluding carboxylic acids is 2. The van der Waals surface area contributed by atoms with E-state index in [1.807, 2.05) is 24.3 Å². The highest BCUT2D eigenvalue weighted by molar-refractivity contribution is 14.1. The molecule has 1 saturated heterocycles. The summed E-state index contributed by atoms with van der Waals surface area (Å²) >= 11 is 3.55. The summed E-state index contributed by atoms with van der Waals surface area (Å²) in [5, 5.41) is 13.7. The Morgan fingerprint density at radius 1 is 1.39 bits per heavy atom. The smallest absolute Gasteiger partial charge is 0.271 e. The van der Waals surface area contributed by atoms with Crippen LogP contribution in [0.15, 0.2) is 29.6 Å². The Morgan fingerprint density at radius 3 is 2.79 bits per heavy atom. The number of nitrogens with zero attached hydrogens (tertiary/aromatic N) is 3. The van der Waals surface area contributed by atoms with Crippen LogP contribution in [0.3, 0.4) is 0 Å². The van der Waals surface area contributed by atoms with Gasteiger partial charge in [0, 0.05) is 21.8 Å². The number of hydrogen-bond donors (Lipinski definition) is 1. The van der Waals surface area contributed by atoms with Crippen LogP contribution in [0.25, 0.3) is 0 Å². The van der Waals surface area contributed by atoms with Gasteiger partial charge in [-0.3, -0.25) is 9.59 Å². The fourth-order valence-electron chi connectivity index (χ4n) is 2.82. The van der Waals surface area contributed by atoms with Gasteiger partial charge < -0.3 is 10.2 Å². The van der Waals surface area contributed by atoms with E-state index in [1.165, 1.54) is 11.3 Å². The first-order chi connectivity index (χ1) is 13.3. The summed E-state index contributed by atoms with van der Waals surface area (Å²) < 4.78 is 28.0. The zero-order chi connectivity index (χ0) is 20.3. The highest BCUT2D eigenvalue weighted by atomic mass is 127. The number of hydrogen-bond acceptors (Lipinski definition) is 5. The number of nitriles is 1. The first-order valence-electron chi connectivity index (χ1n) is 8.31. The van der Waals surface area contributed by atoms with Gasteiger partial charge in [-0.1, -0.05) is 12.1 Å². The summed E-state index contributed by atoms with van der Waals surface area (Å²) in [6.07, 6.45) is -0.0995. The standard InChI is InChI=1S/C18H15F2IN4O2S/c19-18(20)6-13(7-22)25(10-18)16(26)8-23-17(27)14-9-28-15(24-14)5-11-1-3-12(21)4-2-11/h1-4,9,13H,5-6,8,10H2,(H,23,27)/t13-/m0/s1. The zero-order valence-electron chi connectivity index (χ0n) is 14.5. The van der Waals surface area contributed by atoms with Crippen molar-refractivity contribution in [2.75, 3.05) is 13.1 Å². The molecule has 1 N–H and O–H groups in total. The SMILES string of the molecule is N#C[C@@H]1CC(F)(F)CN1C(=O)CNC(=O)c1csc(Cc2ccc(I)cc2)n1. The predicted molar refractivity (Wildman–Crippen MR) is 107 cm³/mol. The summed E-state index contributed by atoms with van der Waals surface area (Å²) in [4.78, 5) is 29.4. The van der Waals surface area contributed by atoms with Crippen LogP contribution in [0.2, 0.25) is 0 Å². The van der Waals surface area contributed by atoms with Crippen LogP contribution >= 0.6 is 33.9 Å². The molecule has 0 radical (unpaired) electrons. The Labute approximate surface area is 177 Å². The van der Waals surface area contributed by atoms with E-state index in [1.54, 1.807) is 11.4 Å². The number of nitrogens with one attached hydrogen (secondary N) is 1. The molecule has 2 heterocycles. The van der Waals surface area contributed by atoms with E-state index in [0.29, 0.717) is 6.42 Å². The highest BCUT2D eigenvalue weighted by Crippen LogP contribution is 2.31. The van der Waals surface area contributed by atoms with E-state index in [9.17, 15) is 18.4 Å². The van der Waals surface area contributed by atoms with E-state index >= 15 is 0 Å². The summed E-state index contributed by atoms with van der Waals surface area (Å²) in [5.74, 6) is -4.36. The van der Waals surface area contributed by atoms with Crippen LogP contribution in [0.5, 0.6) is 0 Å². The van der Waals surface area contributed by atoms with Crippen molar-refractivity contribution in [3.05, 3.63) is 49.5 Å². The fourth-order valence-corrected chi connectivity index (χ4v) is 3.98. The van der Waals surface area contributed by atoms with Crippen LogP contribution in [0.4, 0.5) is 8.78 Å². The Kier molecular flexibility index (Phi) is 6.24. The van der Waals surface area contributed by atoms with Crippen LogP contribution < -0.4 is 5.32 Å². The third-order valence-electron chi connectivity index (χ3n) is 4.19. The molecular weight excluding hydrogens is 501 g/mol. The second-order valence-electron chi connectivity index (χ2n) is 6.34. The van der Waals surface area contributed by atoms with Gasteiger partial charge in [-0.25, -0.2) is 13.8 Å². The van der Waals surface area contributed by atoms with Crippen molar-refractivity contribution >= 4 is 45.7 Å². The molecule has 28 heavy (non-hydrogen) atoms. The lowest BCUT2D eigenvalue weighted by atomic mass is 10.2. The van der Waals surface area contributed by atoms with Gasteiger partial charge >= 0.3 is 0 Å². The van der Waals surface area contributed by atoms with Crippen molar-refractivity contribution in [2.45, 2.75) is 24.8 Å². The van der Waals surface area contributed by atoms with Crippen molar-refractivity contribution < 1.29 is 18.4 Å². The van der Waals surface area contributed by atoms with Gasteiger partial charge in [0.05, 0.1) is 24.2 Å². The molecule has 146 valence electrons. The van der Waals surface area contributed by atoms with E-state index in [0.717, 1.165) is 19.0 Å². The van der Waals surface area contributed by atoms with Gasteiger partial charge in [-0.05, 0) is 40.3 Å². The molecule has 2 aromatic rings. The second kappa shape index (κ2) is 8.48. The molecular formula is C18H15F2IN4O2S. The number of alkyl halides is 2. The van der Waals surface area contributed by atoms with Crippen molar-refractivity contribution in [3.8, 4) is 6.07 Å². The molecule has 1 fully saturated rings. The average Bonchev–Trinajstić information content (AvgIpc) is 3.25. The number of benzene rings is 1. The van der Waals surface area contributed by atoms with Gasteiger partial charge in [-0.15, -0.1) is 11.3 Å². The van der Waals surface area contributed by atoms with Gasteiger partial charge in [0.1, 0.15) is 11.7 Å². The Balaban J connectivity index is 1.55. The molecule has 10 heteroatoms. The quantitative estimate of drug-likeness (QED) is 0.620. The normalized spacial score (nSPS) is 17.9. The maximum Gasteiger partial charge on any atom is 0.271 e. The van der Waals surface area contributed by atoms with Gasteiger partial charge in [0.2, 0.25) is 5.91 Å². The molecule has 1 atom stereocenters. The van der Waals surface area contributed by atoms with Gasteiger partial charge in [0.25, 0.3) is 11.8 Å². The summed E-state index contributed by atoms with van der Waals surface area (Å²) in [5.41, 5.74) is 1.23. The van der Waals surface area contributed by atoms with Gasteiger partial charge in [0.15, 0.2) is 0 Å². The molecule has 6 nitrogen and oxygen atoms in total. The minimum absolute atomic E-state index is 0.168. The second-order valence-corrected chi connectivity index (χ2v) is 8.53. The molecule has 1 aliphatic rings. The van der Waals surface area contributed by atoms with E-state index < -0.39 is 43.3 Å². The first kappa shape index (κ1) is 20.6. The number of halogens is 3. The van der Waals surface area contributed by atoms with Crippen LogP contribution in [0.1, 0.15) is 27.5 Å². The van der Waals surface area contributed by atoms with Crippen molar-refractivity contribution in [3.63, 3.8) is 0 Å². The van der Waals surface area contributed by atoms with Crippen molar-refractivity contribution in [2.24, 2.45) is 0 Å². The fraction of sp³-hybridized carbons (Fsp3) is 0.333. The third-order valence-corrected chi connectivity index (χ3v) is 5.76. The number of amides is 2. The third kappa shape index (κ3) is 5.02. The number of carbonyl (C=O) groups is 2. The summed E-state index contributed by atoms with van der Waals surface area (Å²) in [6.45, 7) is -1.27. The van der Waals surface area contributed by atoms with E-state index in [2.05, 4.69) is 32.9 Å². The molecule has 1 aromatic heterocycles. The first-order valence-corrected chi connectivity index (χ1v) is 10.3. The molecule has 3 rings (SSSR count). The van der Waals surface area contributed by atoms with E-state index in [4.69, 9.17) is 5.26 Å². The number of likely N-dealkylation sites (tertiary alicyclic amines) is 1. The van der Waals surface area contributed by atoms with Crippen LogP contribution in [-0.2, 0) is 11.2 Å². The molecule has 1 aromatic carbocycles. The minimum atomic E-state index is -3.08. The minimum Gasteiger partial charge on any atom is -0.342 e. The lowest BCUT2D eigenvalue weighted by Gasteiger charge is -2.19. The molecule has 1 aliphatic heterocycles. The number of rotatable bonds is 5. The molecule has 0 aliphatic carbocycles. The van der Waals surface area contributed by atoms with Gasteiger partial charge in [-0.2, -0.15) is 5.26 Å². The number of thiazole rings is 1. The summed E-state index contributed by atoms with van der Waals surface area (Å²) in [7, 11) is 0. The Bertz CT molecular complexity index is 926.